The second-order valence-electron chi connectivity index (χ2n) is 5.06. The highest BCUT2D eigenvalue weighted by Crippen LogP contribution is 2.36. The third-order valence-corrected chi connectivity index (χ3v) is 3.75. The molecule has 0 spiro atoms. The molecule has 1 saturated heterocycles. The second kappa shape index (κ2) is 3.73. The van der Waals surface area contributed by atoms with Gasteiger partial charge in [-0.15, -0.1) is 0 Å². The van der Waals surface area contributed by atoms with Gasteiger partial charge in [0.05, 0.1) is 0 Å². The number of hydrogen-bond acceptors (Lipinski definition) is 2. The molecule has 0 aliphatic carbocycles. The number of nitrogens with zero attached hydrogens (tertiary/aromatic N) is 2. The molecule has 1 unspecified atom stereocenters. The molecule has 1 aromatic carbocycles. The minimum atomic E-state index is -0.179. The molecule has 17 heavy (non-hydrogen) atoms. The molecule has 1 aromatic rings. The van der Waals surface area contributed by atoms with E-state index in [1.54, 1.807) is 0 Å². The Kier molecular flexibility index (Phi) is 2.32. The molecule has 2 heterocycles. The predicted molar refractivity (Wildman–Crippen MR) is 70.9 cm³/mol. The average molecular weight is 226 g/mol. The van der Waals surface area contributed by atoms with Gasteiger partial charge >= 0.3 is 0 Å². The summed E-state index contributed by atoms with van der Waals surface area (Å²) >= 11 is 0. The van der Waals surface area contributed by atoms with Gasteiger partial charge in [-0.1, -0.05) is 30.3 Å². The van der Waals surface area contributed by atoms with Gasteiger partial charge in [-0.3, -0.25) is 4.99 Å². The lowest BCUT2D eigenvalue weighted by molar-refractivity contribution is 0.507. The lowest BCUT2D eigenvalue weighted by Gasteiger charge is -2.33. The molecule has 1 fully saturated rings. The summed E-state index contributed by atoms with van der Waals surface area (Å²) in [6.07, 6.45) is 4.78. The van der Waals surface area contributed by atoms with Crippen molar-refractivity contribution < 1.29 is 0 Å². The van der Waals surface area contributed by atoms with Gasteiger partial charge < -0.3 is 4.90 Å². The first-order chi connectivity index (χ1) is 8.19. The van der Waals surface area contributed by atoms with E-state index in [0.29, 0.717) is 0 Å². The molecule has 2 nitrogen and oxygen atoms in total. The number of benzene rings is 1. The Morgan fingerprint density at radius 1 is 1.24 bits per heavy atom. The van der Waals surface area contributed by atoms with E-state index in [0.717, 1.165) is 12.4 Å². The minimum absolute atomic E-state index is 0.179. The monoisotopic (exact) mass is 226 g/mol. The summed E-state index contributed by atoms with van der Waals surface area (Å²) in [4.78, 5) is 7.25. The molecule has 1 atom stereocenters. The minimum Gasteiger partial charge on any atom is -0.334 e. The van der Waals surface area contributed by atoms with Gasteiger partial charge in [-0.05, 0) is 38.3 Å². The molecule has 2 aliphatic rings. The normalized spacial score (nSPS) is 27.5. The predicted octanol–water partition coefficient (Wildman–Crippen LogP) is 3.31. The van der Waals surface area contributed by atoms with Crippen LogP contribution in [0.3, 0.4) is 0 Å². The summed E-state index contributed by atoms with van der Waals surface area (Å²) in [7, 11) is 0. The highest BCUT2D eigenvalue weighted by Gasteiger charge is 2.32. The molecular weight excluding hydrogens is 208 g/mol. The first kappa shape index (κ1) is 10.6. The molecule has 0 bridgehead atoms. The zero-order valence-electron chi connectivity index (χ0n) is 10.5. The van der Waals surface area contributed by atoms with Crippen molar-refractivity contribution in [2.45, 2.75) is 32.2 Å². The largest absolute Gasteiger partial charge is 0.334 e. The van der Waals surface area contributed by atoms with Crippen LogP contribution in [0.25, 0.3) is 0 Å². The van der Waals surface area contributed by atoms with Gasteiger partial charge in [0.1, 0.15) is 11.4 Å². The number of fused-ring (bicyclic) bond motifs is 1. The lowest BCUT2D eigenvalue weighted by atomic mass is 9.90. The number of rotatable bonds is 1. The van der Waals surface area contributed by atoms with Crippen LogP contribution in [0.5, 0.6) is 0 Å². The van der Waals surface area contributed by atoms with Gasteiger partial charge in [0.15, 0.2) is 0 Å². The van der Waals surface area contributed by atoms with Crippen molar-refractivity contribution in [1.29, 1.82) is 0 Å². The van der Waals surface area contributed by atoms with Crippen molar-refractivity contribution in [1.82, 2.24) is 4.90 Å². The van der Waals surface area contributed by atoms with Crippen LogP contribution in [0.15, 0.2) is 47.1 Å². The van der Waals surface area contributed by atoms with Crippen LogP contribution >= 0.6 is 0 Å². The lowest BCUT2D eigenvalue weighted by Crippen LogP contribution is -2.33. The van der Waals surface area contributed by atoms with Crippen LogP contribution in [-0.4, -0.2) is 17.3 Å². The second-order valence-corrected chi connectivity index (χ2v) is 5.06. The van der Waals surface area contributed by atoms with E-state index in [-0.39, 0.29) is 5.54 Å². The third-order valence-electron chi connectivity index (χ3n) is 3.75. The van der Waals surface area contributed by atoms with E-state index in [9.17, 15) is 0 Å². The van der Waals surface area contributed by atoms with Gasteiger partial charge in [0.25, 0.3) is 0 Å². The quantitative estimate of drug-likeness (QED) is 0.717. The summed E-state index contributed by atoms with van der Waals surface area (Å²) in [5.41, 5.74) is 2.55. The van der Waals surface area contributed by atoms with E-state index in [4.69, 9.17) is 4.99 Å². The average Bonchev–Trinajstić information content (AvgIpc) is 2.78. The van der Waals surface area contributed by atoms with Crippen molar-refractivity contribution in [3.05, 3.63) is 47.7 Å². The topological polar surface area (TPSA) is 15.6 Å². The van der Waals surface area contributed by atoms with E-state index >= 15 is 0 Å². The Hall–Kier alpha value is -1.57. The molecular formula is C15H18N2. The fourth-order valence-corrected chi connectivity index (χ4v) is 2.89. The van der Waals surface area contributed by atoms with Crippen LogP contribution in [-0.2, 0) is 5.54 Å². The Morgan fingerprint density at radius 3 is 2.76 bits per heavy atom. The van der Waals surface area contributed by atoms with Crippen LogP contribution in [0.2, 0.25) is 0 Å². The van der Waals surface area contributed by atoms with E-state index in [2.05, 4.69) is 55.2 Å². The van der Waals surface area contributed by atoms with Gasteiger partial charge in [0.2, 0.25) is 0 Å². The fourth-order valence-electron chi connectivity index (χ4n) is 2.89. The van der Waals surface area contributed by atoms with Crippen LogP contribution in [0.1, 0.15) is 32.3 Å². The molecule has 0 saturated carbocycles. The van der Waals surface area contributed by atoms with Gasteiger partial charge in [0, 0.05) is 12.2 Å². The Morgan fingerprint density at radius 2 is 2.00 bits per heavy atom. The van der Waals surface area contributed by atoms with Crippen molar-refractivity contribution in [2.75, 3.05) is 6.54 Å². The molecule has 0 radical (unpaired) electrons. The SMILES string of the molecule is CC1=NC(C)(c2ccccc2)C=C2CCCN21. The Labute approximate surface area is 103 Å². The molecule has 0 aromatic heterocycles. The van der Waals surface area contributed by atoms with Crippen LogP contribution < -0.4 is 0 Å². The molecule has 0 N–H and O–H groups in total. The standard InChI is InChI=1S/C15H18N2/c1-12-16-15(2,13-7-4-3-5-8-13)11-14-9-6-10-17(12)14/h3-5,7-8,11H,6,9-10H2,1-2H3. The number of allylic oxidation sites excluding steroid dienone is 1. The van der Waals surface area contributed by atoms with Crippen molar-refractivity contribution in [3.8, 4) is 0 Å². The summed E-state index contributed by atoms with van der Waals surface area (Å²) in [6.45, 7) is 5.46. The number of aliphatic imine (C=N–C) groups is 1. The highest BCUT2D eigenvalue weighted by molar-refractivity contribution is 5.83. The summed E-state index contributed by atoms with van der Waals surface area (Å²) < 4.78 is 0. The summed E-state index contributed by atoms with van der Waals surface area (Å²) in [5.74, 6) is 1.16. The van der Waals surface area contributed by atoms with Gasteiger partial charge in [-0.25, -0.2) is 0 Å². The molecule has 2 heteroatoms. The Balaban J connectivity index is 2.07. The third kappa shape index (κ3) is 1.68. The van der Waals surface area contributed by atoms with Crippen LogP contribution in [0, 0.1) is 0 Å². The summed E-state index contributed by atoms with van der Waals surface area (Å²) in [5, 5.41) is 0. The highest BCUT2D eigenvalue weighted by atomic mass is 15.2. The zero-order chi connectivity index (χ0) is 11.9. The van der Waals surface area contributed by atoms with E-state index in [1.165, 1.54) is 24.1 Å². The fraction of sp³-hybridized carbons (Fsp3) is 0.400. The molecule has 88 valence electrons. The number of amidine groups is 1. The first-order valence-corrected chi connectivity index (χ1v) is 6.30. The van der Waals surface area contributed by atoms with E-state index in [1.807, 2.05) is 0 Å². The maximum atomic E-state index is 4.89. The van der Waals surface area contributed by atoms with Crippen molar-refractivity contribution >= 4 is 5.84 Å². The molecule has 2 aliphatic heterocycles. The first-order valence-electron chi connectivity index (χ1n) is 6.30. The van der Waals surface area contributed by atoms with Crippen LogP contribution in [0.4, 0.5) is 0 Å². The molecule has 3 rings (SSSR count). The maximum Gasteiger partial charge on any atom is 0.105 e. The molecule has 0 amide bonds. The Bertz CT molecular complexity index is 487. The van der Waals surface area contributed by atoms with Crippen molar-refractivity contribution in [3.63, 3.8) is 0 Å². The van der Waals surface area contributed by atoms with E-state index < -0.39 is 0 Å². The number of hydrogen-bond donors (Lipinski definition) is 0. The smallest absolute Gasteiger partial charge is 0.105 e. The van der Waals surface area contributed by atoms with Gasteiger partial charge in [-0.2, -0.15) is 0 Å². The zero-order valence-corrected chi connectivity index (χ0v) is 10.5. The van der Waals surface area contributed by atoms with Crippen molar-refractivity contribution in [2.24, 2.45) is 4.99 Å². The summed E-state index contributed by atoms with van der Waals surface area (Å²) in [6, 6.07) is 10.6. The maximum absolute atomic E-state index is 4.89.